The lowest BCUT2D eigenvalue weighted by Crippen LogP contribution is -2.41. The van der Waals surface area contributed by atoms with Crippen molar-refractivity contribution >= 4 is 27.3 Å². The van der Waals surface area contributed by atoms with Crippen LogP contribution < -0.4 is 9.62 Å². The van der Waals surface area contributed by atoms with Crippen LogP contribution in [0.5, 0.6) is 0 Å². The van der Waals surface area contributed by atoms with Gasteiger partial charge in [-0.2, -0.15) is 5.26 Å². The Balaban J connectivity index is 2.13. The smallest absolute Gasteiger partial charge is 0.208 e. The van der Waals surface area contributed by atoms with Gasteiger partial charge in [0.25, 0.3) is 0 Å². The monoisotopic (exact) mass is 327 g/mol. The molecule has 0 aromatic heterocycles. The molecule has 0 saturated carbocycles. The van der Waals surface area contributed by atoms with E-state index in [1.54, 1.807) is 18.2 Å². The van der Waals surface area contributed by atoms with Crippen LogP contribution in [0.1, 0.15) is 18.4 Å². The molecule has 1 aliphatic rings. The molecule has 1 aromatic carbocycles. The molecule has 1 fully saturated rings. The van der Waals surface area contributed by atoms with Gasteiger partial charge in [0.2, 0.25) is 10.0 Å². The van der Waals surface area contributed by atoms with E-state index in [9.17, 15) is 13.7 Å². The zero-order chi connectivity index (χ0) is 15.5. The Morgan fingerprint density at radius 3 is 2.95 bits per heavy atom. The Hall–Kier alpha value is -1.29. The number of halogens is 1. The topological polar surface area (TPSA) is 73.2 Å². The van der Waals surface area contributed by atoms with Crippen molar-refractivity contribution in [3.8, 4) is 6.07 Å². The van der Waals surface area contributed by atoms with Crippen LogP contribution in [0.15, 0.2) is 18.2 Å². The number of para-hydroxylation sites is 1. The number of benzene rings is 1. The number of nitriles is 1. The van der Waals surface area contributed by atoms with Crippen LogP contribution in [0.2, 0.25) is 5.02 Å². The largest absolute Gasteiger partial charge is 0.369 e. The van der Waals surface area contributed by atoms with E-state index in [0.29, 0.717) is 23.7 Å². The van der Waals surface area contributed by atoms with E-state index in [2.05, 4.69) is 15.7 Å². The van der Waals surface area contributed by atoms with Gasteiger partial charge in [0.1, 0.15) is 6.07 Å². The number of rotatable bonds is 4. The maximum atomic E-state index is 11.2. The van der Waals surface area contributed by atoms with Crippen LogP contribution in [0.4, 0.5) is 5.69 Å². The normalized spacial score (nSPS) is 19.3. The minimum absolute atomic E-state index is 0.219. The fourth-order valence-corrected chi connectivity index (χ4v) is 3.46. The van der Waals surface area contributed by atoms with Crippen molar-refractivity contribution < 1.29 is 8.42 Å². The molecule has 1 aliphatic heterocycles. The summed E-state index contributed by atoms with van der Waals surface area (Å²) in [6.07, 6.45) is 3.08. The molecule has 1 heterocycles. The van der Waals surface area contributed by atoms with Crippen molar-refractivity contribution in [1.82, 2.24) is 4.72 Å². The first-order valence-electron chi connectivity index (χ1n) is 6.79. The van der Waals surface area contributed by atoms with E-state index in [4.69, 9.17) is 11.6 Å². The number of nitrogens with one attached hydrogen (secondary N) is 1. The average molecular weight is 328 g/mol. The van der Waals surface area contributed by atoms with Gasteiger partial charge in [0.15, 0.2) is 0 Å². The van der Waals surface area contributed by atoms with Gasteiger partial charge < -0.3 is 4.90 Å². The molecule has 2 rings (SSSR count). The second kappa shape index (κ2) is 6.65. The molecule has 21 heavy (non-hydrogen) atoms. The molecule has 5 nitrogen and oxygen atoms in total. The second-order valence-electron chi connectivity index (χ2n) is 5.32. The molecule has 0 spiro atoms. The molecule has 0 bridgehead atoms. The summed E-state index contributed by atoms with van der Waals surface area (Å²) in [4.78, 5) is 2.08. The molecule has 7 heteroatoms. The third kappa shape index (κ3) is 4.34. The highest BCUT2D eigenvalue weighted by Gasteiger charge is 2.24. The number of sulfonamides is 1. The standard InChI is InChI=1S/C14H18ClN3O2S/c1-21(19,20)17-9-11-4-3-7-18(10-11)14-12(8-16)5-2-6-13(14)15/h2,5-6,11,17H,3-4,7,9-10H2,1H3/t11-/m0/s1. The van der Waals surface area contributed by atoms with Gasteiger partial charge in [0, 0.05) is 19.6 Å². The van der Waals surface area contributed by atoms with Crippen LogP contribution in [-0.2, 0) is 10.0 Å². The third-order valence-corrected chi connectivity index (χ3v) is 4.57. The first kappa shape index (κ1) is 16.1. The Labute approximate surface area is 130 Å². The lowest BCUT2D eigenvalue weighted by Gasteiger charge is -2.35. The lowest BCUT2D eigenvalue weighted by molar-refractivity contribution is 0.411. The number of nitrogens with zero attached hydrogens (tertiary/aromatic N) is 2. The predicted octanol–water partition coefficient (Wildman–Crippen LogP) is 1.98. The van der Waals surface area contributed by atoms with Gasteiger partial charge in [-0.1, -0.05) is 17.7 Å². The van der Waals surface area contributed by atoms with Crippen LogP contribution in [0, 0.1) is 17.2 Å². The number of hydrogen-bond acceptors (Lipinski definition) is 4. The first-order chi connectivity index (χ1) is 9.90. The zero-order valence-corrected chi connectivity index (χ0v) is 13.4. The fourth-order valence-electron chi connectivity index (χ4n) is 2.63. The van der Waals surface area contributed by atoms with E-state index in [1.807, 2.05) is 0 Å². The van der Waals surface area contributed by atoms with Gasteiger partial charge >= 0.3 is 0 Å². The Morgan fingerprint density at radius 1 is 1.52 bits per heavy atom. The Bertz CT molecular complexity index is 655. The highest BCUT2D eigenvalue weighted by molar-refractivity contribution is 7.88. The highest BCUT2D eigenvalue weighted by atomic mass is 35.5. The van der Waals surface area contributed by atoms with Crippen molar-refractivity contribution in [2.75, 3.05) is 30.8 Å². The number of hydrogen-bond donors (Lipinski definition) is 1. The number of piperidine rings is 1. The molecule has 1 saturated heterocycles. The van der Waals surface area contributed by atoms with Gasteiger partial charge in [0.05, 0.1) is 22.5 Å². The summed E-state index contributed by atoms with van der Waals surface area (Å²) in [5.74, 6) is 0.219. The quantitative estimate of drug-likeness (QED) is 0.917. The lowest BCUT2D eigenvalue weighted by atomic mass is 9.97. The molecule has 114 valence electrons. The van der Waals surface area contributed by atoms with Gasteiger partial charge in [-0.15, -0.1) is 0 Å². The molecular weight excluding hydrogens is 310 g/mol. The summed E-state index contributed by atoms with van der Waals surface area (Å²) in [7, 11) is -3.17. The summed E-state index contributed by atoms with van der Waals surface area (Å²) in [6, 6.07) is 7.45. The molecule has 1 atom stereocenters. The van der Waals surface area contributed by atoms with Crippen molar-refractivity contribution in [2.45, 2.75) is 12.8 Å². The summed E-state index contributed by atoms with van der Waals surface area (Å²) < 4.78 is 24.9. The second-order valence-corrected chi connectivity index (χ2v) is 7.56. The maximum absolute atomic E-state index is 11.2. The number of anilines is 1. The van der Waals surface area contributed by atoms with E-state index in [0.717, 1.165) is 31.3 Å². The van der Waals surface area contributed by atoms with Gasteiger partial charge in [-0.3, -0.25) is 0 Å². The summed E-state index contributed by atoms with van der Waals surface area (Å²) >= 11 is 6.23. The summed E-state index contributed by atoms with van der Waals surface area (Å²) in [5, 5.41) is 9.78. The van der Waals surface area contributed by atoms with Crippen LogP contribution in [0.3, 0.4) is 0 Å². The summed E-state index contributed by atoms with van der Waals surface area (Å²) in [6.45, 7) is 1.94. The SMILES string of the molecule is CS(=O)(=O)NC[C@@H]1CCCN(c2c(Cl)cccc2C#N)C1. The van der Waals surface area contributed by atoms with Crippen molar-refractivity contribution in [3.05, 3.63) is 28.8 Å². The molecular formula is C14H18ClN3O2S. The Morgan fingerprint density at radius 2 is 2.29 bits per heavy atom. The minimum atomic E-state index is -3.17. The molecule has 0 aliphatic carbocycles. The van der Waals surface area contributed by atoms with Gasteiger partial charge in [-0.05, 0) is 30.9 Å². The molecule has 0 amide bonds. The van der Waals surface area contributed by atoms with Crippen LogP contribution in [0.25, 0.3) is 0 Å². The van der Waals surface area contributed by atoms with Gasteiger partial charge in [-0.25, -0.2) is 13.1 Å². The molecule has 0 radical (unpaired) electrons. The average Bonchev–Trinajstić information content (AvgIpc) is 2.44. The zero-order valence-electron chi connectivity index (χ0n) is 11.8. The van der Waals surface area contributed by atoms with Crippen molar-refractivity contribution in [2.24, 2.45) is 5.92 Å². The fraction of sp³-hybridized carbons (Fsp3) is 0.500. The van der Waals surface area contributed by atoms with Crippen LogP contribution in [-0.4, -0.2) is 34.3 Å². The predicted molar refractivity (Wildman–Crippen MR) is 84.0 cm³/mol. The third-order valence-electron chi connectivity index (χ3n) is 3.58. The minimum Gasteiger partial charge on any atom is -0.369 e. The van der Waals surface area contributed by atoms with E-state index in [1.165, 1.54) is 0 Å². The van der Waals surface area contributed by atoms with Crippen molar-refractivity contribution in [1.29, 1.82) is 5.26 Å². The maximum Gasteiger partial charge on any atom is 0.208 e. The van der Waals surface area contributed by atoms with Crippen LogP contribution >= 0.6 is 11.6 Å². The van der Waals surface area contributed by atoms with E-state index >= 15 is 0 Å². The molecule has 1 N–H and O–H groups in total. The van der Waals surface area contributed by atoms with E-state index < -0.39 is 10.0 Å². The van der Waals surface area contributed by atoms with Crippen molar-refractivity contribution in [3.63, 3.8) is 0 Å². The highest BCUT2D eigenvalue weighted by Crippen LogP contribution is 2.32. The first-order valence-corrected chi connectivity index (χ1v) is 9.06. The molecule has 1 aromatic rings. The van der Waals surface area contributed by atoms with E-state index in [-0.39, 0.29) is 5.92 Å². The Kier molecular flexibility index (Phi) is 5.09. The summed E-state index contributed by atoms with van der Waals surface area (Å²) in [5.41, 5.74) is 1.31. The molecule has 0 unspecified atom stereocenters.